The number of ether oxygens (including phenoxy) is 1. The Morgan fingerprint density at radius 2 is 1.56 bits per heavy atom. The van der Waals surface area contributed by atoms with E-state index in [1.165, 1.54) is 62.9 Å². The van der Waals surface area contributed by atoms with Crippen LogP contribution in [-0.4, -0.2) is 65.6 Å². The van der Waals surface area contributed by atoms with Gasteiger partial charge in [0.2, 0.25) is 20.0 Å². The first-order valence-corrected chi connectivity index (χ1v) is 12.7. The summed E-state index contributed by atoms with van der Waals surface area (Å²) in [6, 6.07) is 10.2. The number of carbonyl (C=O) groups excluding carboxylic acids is 1. The van der Waals surface area contributed by atoms with E-state index in [-0.39, 0.29) is 33.7 Å². The van der Waals surface area contributed by atoms with Crippen LogP contribution in [0.3, 0.4) is 0 Å². The van der Waals surface area contributed by atoms with Gasteiger partial charge in [0, 0.05) is 39.3 Å². The van der Waals surface area contributed by atoms with Crippen molar-refractivity contribution in [1.82, 2.24) is 13.9 Å². The number of amides is 1. The fourth-order valence-electron chi connectivity index (χ4n) is 2.72. The minimum Gasteiger partial charge on any atom is -0.495 e. The summed E-state index contributed by atoms with van der Waals surface area (Å²) >= 11 is 0. The summed E-state index contributed by atoms with van der Waals surface area (Å²) in [7, 11) is -1.73. The number of nitrogens with zero attached hydrogens (tertiary/aromatic N) is 2. The molecule has 0 aliphatic heterocycles. The third-order valence-electron chi connectivity index (χ3n) is 4.97. The Labute approximate surface area is 190 Å². The average Bonchev–Trinajstić information content (AvgIpc) is 2.76. The van der Waals surface area contributed by atoms with E-state index in [2.05, 4.69) is 5.32 Å². The Morgan fingerprint density at radius 1 is 0.969 bits per heavy atom. The zero-order valence-electron chi connectivity index (χ0n) is 19.0. The smallest absolute Gasteiger partial charge is 0.251 e. The Balaban J connectivity index is 2.18. The SMILES string of the molecule is COc1ccc(C(=O)NCc2ccc(S(=O)(=O)N(C)C(C)C)cc2)cc1S(=O)(=O)N(C)C. The molecule has 0 saturated heterocycles. The third kappa shape index (κ3) is 5.47. The first kappa shape index (κ1) is 25.8. The number of hydrogen-bond acceptors (Lipinski definition) is 6. The number of sulfonamides is 2. The highest BCUT2D eigenvalue weighted by Gasteiger charge is 2.24. The van der Waals surface area contributed by atoms with Crippen LogP contribution in [0.2, 0.25) is 0 Å². The summed E-state index contributed by atoms with van der Waals surface area (Å²) in [5.74, 6) is -0.336. The van der Waals surface area contributed by atoms with E-state index >= 15 is 0 Å². The molecule has 0 unspecified atom stereocenters. The highest BCUT2D eigenvalue weighted by atomic mass is 32.2. The molecular weight excluding hydrogens is 454 g/mol. The summed E-state index contributed by atoms with van der Waals surface area (Å²) in [4.78, 5) is 12.6. The molecule has 0 heterocycles. The topological polar surface area (TPSA) is 113 Å². The van der Waals surface area contributed by atoms with Crippen LogP contribution in [0.4, 0.5) is 0 Å². The number of rotatable bonds is 9. The molecule has 0 atom stereocenters. The molecule has 2 rings (SSSR count). The van der Waals surface area contributed by atoms with Gasteiger partial charge in [-0.05, 0) is 49.7 Å². The van der Waals surface area contributed by atoms with Crippen molar-refractivity contribution in [3.8, 4) is 5.75 Å². The normalized spacial score (nSPS) is 12.4. The minimum atomic E-state index is -3.81. The molecule has 0 fully saturated rings. The van der Waals surface area contributed by atoms with Gasteiger partial charge in [0.05, 0.1) is 12.0 Å². The average molecular weight is 484 g/mol. The molecule has 0 saturated carbocycles. The number of methoxy groups -OCH3 is 1. The quantitative estimate of drug-likeness (QED) is 0.583. The maximum atomic E-state index is 12.6. The third-order valence-corrected chi connectivity index (χ3v) is 8.85. The second kappa shape index (κ2) is 9.99. The van der Waals surface area contributed by atoms with Gasteiger partial charge in [0.15, 0.2) is 0 Å². The lowest BCUT2D eigenvalue weighted by Crippen LogP contribution is -2.33. The molecule has 0 bridgehead atoms. The van der Waals surface area contributed by atoms with Crippen molar-refractivity contribution in [2.75, 3.05) is 28.3 Å². The molecule has 1 N–H and O–H groups in total. The molecule has 2 aromatic carbocycles. The van der Waals surface area contributed by atoms with E-state index in [1.807, 2.05) is 0 Å². The molecule has 11 heteroatoms. The minimum absolute atomic E-state index is 0.110. The zero-order valence-corrected chi connectivity index (χ0v) is 20.6. The number of nitrogens with one attached hydrogen (secondary N) is 1. The lowest BCUT2D eigenvalue weighted by Gasteiger charge is -2.21. The first-order chi connectivity index (χ1) is 14.8. The van der Waals surface area contributed by atoms with Crippen LogP contribution in [0.15, 0.2) is 52.3 Å². The van der Waals surface area contributed by atoms with Crippen LogP contribution in [0, 0.1) is 0 Å². The highest BCUT2D eigenvalue weighted by molar-refractivity contribution is 7.89. The number of hydrogen-bond donors (Lipinski definition) is 1. The van der Waals surface area contributed by atoms with Crippen molar-refractivity contribution in [2.24, 2.45) is 0 Å². The molecule has 0 aliphatic carbocycles. The molecule has 0 radical (unpaired) electrons. The second-order valence-corrected chi connectivity index (χ2v) is 11.7. The second-order valence-electron chi connectivity index (χ2n) is 7.59. The van der Waals surface area contributed by atoms with Crippen LogP contribution < -0.4 is 10.1 Å². The molecule has 0 spiro atoms. The largest absolute Gasteiger partial charge is 0.495 e. The Morgan fingerprint density at radius 3 is 2.06 bits per heavy atom. The summed E-state index contributed by atoms with van der Waals surface area (Å²) in [5, 5.41) is 2.71. The predicted octanol–water partition coefficient (Wildman–Crippen LogP) is 1.90. The van der Waals surface area contributed by atoms with Crippen molar-refractivity contribution >= 4 is 26.0 Å². The molecule has 0 aromatic heterocycles. The number of benzene rings is 2. The van der Waals surface area contributed by atoms with Crippen molar-refractivity contribution in [1.29, 1.82) is 0 Å². The maximum Gasteiger partial charge on any atom is 0.251 e. The summed E-state index contributed by atoms with van der Waals surface area (Å²) in [6.07, 6.45) is 0. The zero-order chi connectivity index (χ0) is 24.3. The fraction of sp³-hybridized carbons (Fsp3) is 0.381. The van der Waals surface area contributed by atoms with Gasteiger partial charge in [-0.15, -0.1) is 0 Å². The van der Waals surface area contributed by atoms with Gasteiger partial charge >= 0.3 is 0 Å². The predicted molar refractivity (Wildman–Crippen MR) is 122 cm³/mol. The molecule has 176 valence electrons. The molecule has 32 heavy (non-hydrogen) atoms. The molecule has 2 aromatic rings. The number of carbonyl (C=O) groups is 1. The van der Waals surface area contributed by atoms with Crippen LogP contribution in [0.5, 0.6) is 5.75 Å². The van der Waals surface area contributed by atoms with E-state index in [1.54, 1.807) is 26.0 Å². The van der Waals surface area contributed by atoms with E-state index in [9.17, 15) is 21.6 Å². The van der Waals surface area contributed by atoms with Crippen LogP contribution in [0.1, 0.15) is 29.8 Å². The first-order valence-electron chi connectivity index (χ1n) is 9.78. The Kier molecular flexibility index (Phi) is 8.05. The van der Waals surface area contributed by atoms with E-state index < -0.39 is 26.0 Å². The van der Waals surface area contributed by atoms with Crippen LogP contribution >= 0.6 is 0 Å². The summed E-state index contributed by atoms with van der Waals surface area (Å²) in [5.41, 5.74) is 0.850. The van der Waals surface area contributed by atoms with E-state index in [0.717, 1.165) is 4.31 Å². The van der Waals surface area contributed by atoms with E-state index in [0.29, 0.717) is 5.56 Å². The maximum absolute atomic E-state index is 12.6. The Bertz CT molecular complexity index is 1170. The molecule has 1 amide bonds. The monoisotopic (exact) mass is 483 g/mol. The van der Waals surface area contributed by atoms with E-state index in [4.69, 9.17) is 4.74 Å². The van der Waals surface area contributed by atoms with Gasteiger partial charge in [-0.3, -0.25) is 4.79 Å². The fourth-order valence-corrected chi connectivity index (χ4v) is 5.17. The summed E-state index contributed by atoms with van der Waals surface area (Å²) < 4.78 is 57.6. The van der Waals surface area contributed by atoms with Crippen LogP contribution in [-0.2, 0) is 26.6 Å². The lowest BCUT2D eigenvalue weighted by atomic mass is 10.2. The Hall–Kier alpha value is -2.47. The lowest BCUT2D eigenvalue weighted by molar-refractivity contribution is 0.0950. The van der Waals surface area contributed by atoms with Crippen molar-refractivity contribution < 1.29 is 26.4 Å². The van der Waals surface area contributed by atoms with Gasteiger partial charge in [0.25, 0.3) is 5.91 Å². The van der Waals surface area contributed by atoms with Gasteiger partial charge in [-0.25, -0.2) is 21.1 Å². The van der Waals surface area contributed by atoms with Gasteiger partial charge < -0.3 is 10.1 Å². The van der Waals surface area contributed by atoms with Crippen molar-refractivity contribution in [3.63, 3.8) is 0 Å². The molecular formula is C21H29N3O6S2. The molecule has 9 nitrogen and oxygen atoms in total. The highest BCUT2D eigenvalue weighted by Crippen LogP contribution is 2.27. The molecule has 0 aliphatic rings. The van der Waals surface area contributed by atoms with Crippen molar-refractivity contribution in [3.05, 3.63) is 53.6 Å². The standard InChI is InChI=1S/C21H29N3O6S2/c1-15(2)24(5)31(26,27)18-10-7-16(8-11-18)14-22-21(25)17-9-12-19(30-6)20(13-17)32(28,29)23(3)4/h7-13,15H,14H2,1-6H3,(H,22,25). The van der Waals surface area contributed by atoms with Gasteiger partial charge in [0.1, 0.15) is 10.6 Å². The van der Waals surface area contributed by atoms with Gasteiger partial charge in [-0.2, -0.15) is 4.31 Å². The van der Waals surface area contributed by atoms with Crippen LogP contribution in [0.25, 0.3) is 0 Å². The van der Waals surface area contributed by atoms with Crippen molar-refractivity contribution in [2.45, 2.75) is 36.2 Å². The summed E-state index contributed by atoms with van der Waals surface area (Å²) in [6.45, 7) is 3.71. The van der Waals surface area contributed by atoms with Gasteiger partial charge in [-0.1, -0.05) is 12.1 Å².